The lowest BCUT2D eigenvalue weighted by atomic mass is 9.88. The van der Waals surface area contributed by atoms with Gasteiger partial charge in [0.05, 0.1) is 4.92 Å². The molecule has 2 aliphatic rings. The van der Waals surface area contributed by atoms with E-state index in [2.05, 4.69) is 0 Å². The Labute approximate surface area is 159 Å². The molecular formula is C18H25N3O5S. The fourth-order valence-corrected chi connectivity index (χ4v) is 4.80. The first-order valence-corrected chi connectivity index (χ1v) is 11.2. The van der Waals surface area contributed by atoms with E-state index in [9.17, 15) is 23.3 Å². The summed E-state index contributed by atoms with van der Waals surface area (Å²) in [6, 6.07) is 4.18. The highest BCUT2D eigenvalue weighted by Crippen LogP contribution is 2.30. The van der Waals surface area contributed by atoms with Gasteiger partial charge in [-0.1, -0.05) is 19.3 Å². The van der Waals surface area contributed by atoms with E-state index in [0.717, 1.165) is 31.9 Å². The lowest BCUT2D eigenvalue weighted by molar-refractivity contribution is -0.387. The van der Waals surface area contributed by atoms with Crippen molar-refractivity contribution in [3.63, 3.8) is 0 Å². The number of piperazine rings is 1. The number of amides is 1. The van der Waals surface area contributed by atoms with E-state index in [-0.39, 0.29) is 16.7 Å². The molecule has 27 heavy (non-hydrogen) atoms. The second-order valence-electron chi connectivity index (χ2n) is 7.33. The van der Waals surface area contributed by atoms with Crippen molar-refractivity contribution in [3.05, 3.63) is 28.3 Å². The van der Waals surface area contributed by atoms with E-state index >= 15 is 0 Å². The molecule has 1 heterocycles. The van der Waals surface area contributed by atoms with Crippen molar-refractivity contribution < 1.29 is 18.1 Å². The molecule has 0 atom stereocenters. The van der Waals surface area contributed by atoms with Crippen molar-refractivity contribution in [2.24, 2.45) is 5.92 Å². The van der Waals surface area contributed by atoms with E-state index in [0.29, 0.717) is 31.9 Å². The molecule has 3 rings (SSSR count). The molecule has 0 bridgehead atoms. The SMILES string of the molecule is CS(=O)(=O)c1cc(N2CCN(C(=O)C3CCCCC3)CC2)ccc1[N+](=O)[O-]. The van der Waals surface area contributed by atoms with Gasteiger partial charge in [-0.15, -0.1) is 0 Å². The van der Waals surface area contributed by atoms with Gasteiger partial charge in [0.1, 0.15) is 4.90 Å². The molecule has 1 aromatic rings. The molecule has 1 aromatic carbocycles. The van der Waals surface area contributed by atoms with Gasteiger partial charge in [-0.3, -0.25) is 14.9 Å². The second-order valence-corrected chi connectivity index (χ2v) is 9.31. The van der Waals surface area contributed by atoms with Crippen molar-refractivity contribution >= 4 is 27.1 Å². The van der Waals surface area contributed by atoms with Crippen LogP contribution in [0, 0.1) is 16.0 Å². The number of rotatable bonds is 4. The molecule has 8 nitrogen and oxygen atoms in total. The maximum absolute atomic E-state index is 12.7. The third-order valence-corrected chi connectivity index (χ3v) is 6.58. The number of hydrogen-bond donors (Lipinski definition) is 0. The minimum Gasteiger partial charge on any atom is -0.368 e. The Morgan fingerprint density at radius 2 is 1.74 bits per heavy atom. The first-order valence-electron chi connectivity index (χ1n) is 9.29. The van der Waals surface area contributed by atoms with Crippen LogP contribution < -0.4 is 4.90 Å². The smallest absolute Gasteiger partial charge is 0.288 e. The van der Waals surface area contributed by atoms with Gasteiger partial charge < -0.3 is 9.80 Å². The number of anilines is 1. The number of carbonyl (C=O) groups is 1. The summed E-state index contributed by atoms with van der Waals surface area (Å²) in [5, 5.41) is 11.1. The summed E-state index contributed by atoms with van der Waals surface area (Å²) >= 11 is 0. The molecule has 0 unspecified atom stereocenters. The molecule has 0 aromatic heterocycles. The maximum Gasteiger partial charge on any atom is 0.288 e. The van der Waals surface area contributed by atoms with Crippen LogP contribution >= 0.6 is 0 Å². The van der Waals surface area contributed by atoms with Crippen LogP contribution in [0.4, 0.5) is 11.4 Å². The Hall–Kier alpha value is -2.16. The molecular weight excluding hydrogens is 370 g/mol. The Bertz CT molecular complexity index is 825. The van der Waals surface area contributed by atoms with Crippen molar-refractivity contribution in [1.82, 2.24) is 4.90 Å². The Kier molecular flexibility index (Phi) is 5.69. The fraction of sp³-hybridized carbons (Fsp3) is 0.611. The third kappa shape index (κ3) is 4.40. The summed E-state index contributed by atoms with van der Waals surface area (Å²) < 4.78 is 23.9. The highest BCUT2D eigenvalue weighted by molar-refractivity contribution is 7.90. The maximum atomic E-state index is 12.7. The van der Waals surface area contributed by atoms with Gasteiger partial charge in [0.15, 0.2) is 9.84 Å². The zero-order valence-electron chi connectivity index (χ0n) is 15.5. The van der Waals surface area contributed by atoms with E-state index in [4.69, 9.17) is 0 Å². The number of nitro groups is 1. The highest BCUT2D eigenvalue weighted by atomic mass is 32.2. The zero-order chi connectivity index (χ0) is 19.6. The third-order valence-electron chi connectivity index (χ3n) is 5.45. The lowest BCUT2D eigenvalue weighted by Gasteiger charge is -2.38. The standard InChI is InChI=1S/C18H25N3O5S/c1-27(25,26)17-13-15(7-8-16(17)21(23)24)19-9-11-20(12-10-19)18(22)14-5-3-2-4-6-14/h7-8,13-14H,2-6,9-12H2,1H3. The molecule has 148 valence electrons. The lowest BCUT2D eigenvalue weighted by Crippen LogP contribution is -2.50. The Morgan fingerprint density at radius 1 is 1.11 bits per heavy atom. The molecule has 1 saturated carbocycles. The topological polar surface area (TPSA) is 101 Å². The van der Waals surface area contributed by atoms with Gasteiger partial charge in [-0.25, -0.2) is 8.42 Å². The number of hydrogen-bond acceptors (Lipinski definition) is 6. The monoisotopic (exact) mass is 395 g/mol. The van der Waals surface area contributed by atoms with Crippen LogP contribution in [0.5, 0.6) is 0 Å². The predicted molar refractivity (Wildman–Crippen MR) is 102 cm³/mol. The second kappa shape index (κ2) is 7.84. The molecule has 1 aliphatic heterocycles. The van der Waals surface area contributed by atoms with Gasteiger partial charge in [-0.05, 0) is 25.0 Å². The molecule has 0 N–H and O–H groups in total. The minimum atomic E-state index is -3.71. The first kappa shape index (κ1) is 19.6. The molecule has 0 spiro atoms. The molecule has 1 saturated heterocycles. The van der Waals surface area contributed by atoms with E-state index in [1.165, 1.54) is 18.6 Å². The Balaban J connectivity index is 1.70. The van der Waals surface area contributed by atoms with Gasteiger partial charge in [0.25, 0.3) is 5.69 Å². The van der Waals surface area contributed by atoms with Crippen molar-refractivity contribution in [2.45, 2.75) is 37.0 Å². The number of sulfone groups is 1. The molecule has 1 aliphatic carbocycles. The van der Waals surface area contributed by atoms with Crippen LogP contribution in [-0.2, 0) is 14.6 Å². The minimum absolute atomic E-state index is 0.140. The van der Waals surface area contributed by atoms with Crippen LogP contribution in [0.25, 0.3) is 0 Å². The average Bonchev–Trinajstić information content (AvgIpc) is 2.67. The number of carbonyl (C=O) groups excluding carboxylic acids is 1. The van der Waals surface area contributed by atoms with Crippen molar-refractivity contribution in [3.8, 4) is 0 Å². The molecule has 2 fully saturated rings. The van der Waals surface area contributed by atoms with Crippen molar-refractivity contribution in [2.75, 3.05) is 37.3 Å². The van der Waals surface area contributed by atoms with Gasteiger partial charge >= 0.3 is 0 Å². The first-order chi connectivity index (χ1) is 12.8. The molecule has 9 heteroatoms. The van der Waals surface area contributed by atoms with Crippen LogP contribution in [0.15, 0.2) is 23.1 Å². The summed E-state index contributed by atoms with van der Waals surface area (Å²) in [5.41, 5.74) is 0.221. The normalized spacial score (nSPS) is 19.1. The highest BCUT2D eigenvalue weighted by Gasteiger charge is 2.29. The van der Waals surface area contributed by atoms with E-state index in [1.807, 2.05) is 9.80 Å². The molecule has 0 radical (unpaired) electrons. The summed E-state index contributed by atoms with van der Waals surface area (Å²) in [4.78, 5) is 26.7. The van der Waals surface area contributed by atoms with Gasteiger partial charge in [0.2, 0.25) is 5.91 Å². The van der Waals surface area contributed by atoms with E-state index < -0.39 is 20.4 Å². The number of nitro benzene ring substituents is 1. The summed E-state index contributed by atoms with van der Waals surface area (Å²) in [6.07, 6.45) is 6.36. The van der Waals surface area contributed by atoms with E-state index in [1.54, 1.807) is 6.07 Å². The largest absolute Gasteiger partial charge is 0.368 e. The summed E-state index contributed by atoms with van der Waals surface area (Å²) in [6.45, 7) is 2.33. The molecule has 1 amide bonds. The predicted octanol–water partition coefficient (Wildman–Crippen LogP) is 2.23. The van der Waals surface area contributed by atoms with Gasteiger partial charge in [-0.2, -0.15) is 0 Å². The van der Waals surface area contributed by atoms with Crippen LogP contribution in [0.1, 0.15) is 32.1 Å². The quantitative estimate of drug-likeness (QED) is 0.572. The van der Waals surface area contributed by atoms with Gasteiger partial charge in [0, 0.05) is 50.1 Å². The van der Waals surface area contributed by atoms with Crippen LogP contribution in [0.2, 0.25) is 0 Å². The van der Waals surface area contributed by atoms with Crippen LogP contribution in [0.3, 0.4) is 0 Å². The average molecular weight is 395 g/mol. The fourth-order valence-electron chi connectivity index (χ4n) is 3.94. The summed E-state index contributed by atoms with van der Waals surface area (Å²) in [7, 11) is -3.71. The Morgan fingerprint density at radius 3 is 2.30 bits per heavy atom. The number of nitrogens with zero attached hydrogens (tertiary/aromatic N) is 3. The zero-order valence-corrected chi connectivity index (χ0v) is 16.3. The van der Waals surface area contributed by atoms with Crippen molar-refractivity contribution in [1.29, 1.82) is 0 Å². The number of benzene rings is 1. The van der Waals surface area contributed by atoms with Crippen LogP contribution in [-0.4, -0.2) is 56.6 Å². The summed E-state index contributed by atoms with van der Waals surface area (Å²) in [5.74, 6) is 0.372.